The van der Waals surface area contributed by atoms with Crippen LogP contribution >= 0.6 is 0 Å². The van der Waals surface area contributed by atoms with Crippen molar-refractivity contribution in [3.05, 3.63) is 0 Å². The second kappa shape index (κ2) is 14.8. The quantitative estimate of drug-likeness (QED) is 0.229. The molecule has 0 aliphatic heterocycles. The summed E-state index contributed by atoms with van der Waals surface area (Å²) in [5.41, 5.74) is 0. The van der Waals surface area contributed by atoms with Gasteiger partial charge in [0, 0.05) is 0 Å². The van der Waals surface area contributed by atoms with E-state index < -0.39 is 24.4 Å². The normalized spacial score (nSPS) is 11.3. The Kier molecular flexibility index (Phi) is 16.0. The van der Waals surface area contributed by atoms with Crippen LogP contribution in [0.1, 0.15) is 51.9 Å². The third-order valence-electron chi connectivity index (χ3n) is 2.77. The van der Waals surface area contributed by atoms with Gasteiger partial charge < -0.3 is 10.2 Å². The molecule has 0 aromatic carbocycles. The fourth-order valence-electron chi connectivity index (χ4n) is 1.69. The Labute approximate surface area is 129 Å². The van der Waals surface area contributed by atoms with Crippen molar-refractivity contribution in [2.75, 3.05) is 6.54 Å². The van der Waals surface area contributed by atoms with Crippen LogP contribution in [-0.2, 0) is 19.4 Å². The Morgan fingerprint density at radius 2 is 1.65 bits per heavy atom. The molecule has 0 rings (SSSR count). The first-order valence-corrected chi connectivity index (χ1v) is 6.58. The van der Waals surface area contributed by atoms with Crippen LogP contribution in [0.25, 0.3) is 0 Å². The maximum Gasteiger partial charge on any atom is 3.00 e. The van der Waals surface area contributed by atoms with Crippen LogP contribution in [0.2, 0.25) is 0 Å². The summed E-state index contributed by atoms with van der Waals surface area (Å²) in [4.78, 5) is 29.0. The molecule has 0 radical (unpaired) electrons. The fraction of sp³-hybridized carbons (Fsp3) is 0.833. The van der Waals surface area contributed by atoms with E-state index in [1.54, 1.807) is 0 Å². The van der Waals surface area contributed by atoms with Gasteiger partial charge in [0.2, 0.25) is 0 Å². The molecular weight excluding hydrogens is 281 g/mol. The average Bonchev–Trinajstić information content (AvgIpc) is 2.43. The van der Waals surface area contributed by atoms with Crippen molar-refractivity contribution in [3.63, 3.8) is 0 Å². The maximum atomic E-state index is 11.1. The molecule has 0 saturated heterocycles. The van der Waals surface area contributed by atoms with E-state index in [1.165, 1.54) is 19.3 Å². The van der Waals surface area contributed by atoms with Crippen LogP contribution in [0.4, 0.5) is 0 Å². The predicted molar refractivity (Wildman–Crippen MR) is 73.0 cm³/mol. The number of carbonyl (C=O) groups excluding carboxylic acids is 2. The summed E-state index contributed by atoms with van der Waals surface area (Å²) >= 11 is 0. The van der Waals surface area contributed by atoms with Crippen LogP contribution in [0.5, 0.6) is 0 Å². The van der Waals surface area contributed by atoms with E-state index in [-0.39, 0.29) is 17.4 Å². The van der Waals surface area contributed by atoms with Crippen molar-refractivity contribution in [2.45, 2.75) is 57.9 Å². The summed E-state index contributed by atoms with van der Waals surface area (Å²) in [6.45, 7) is 2.66. The molecule has 0 bridgehead atoms. The van der Waals surface area contributed by atoms with Gasteiger partial charge in [-0.15, -0.1) is 0 Å². The summed E-state index contributed by atoms with van der Waals surface area (Å²) in [6.07, 6.45) is 6.21. The molecule has 0 spiro atoms. The van der Waals surface area contributed by atoms with E-state index in [9.17, 15) is 9.59 Å². The molecule has 0 aliphatic rings. The van der Waals surface area contributed by atoms with Gasteiger partial charge >= 0.3 is 29.3 Å². The first-order valence-electron chi connectivity index (χ1n) is 6.58. The van der Waals surface area contributed by atoms with Crippen LogP contribution in [0, 0.1) is 0 Å². The predicted octanol–water partition coefficient (Wildman–Crippen LogP) is 1.35. The molecule has 0 aliphatic carbocycles. The number of unbranched alkanes of at least 4 members (excludes halogenated alkanes) is 5. The summed E-state index contributed by atoms with van der Waals surface area (Å²) in [5, 5.41) is 19.2. The van der Waals surface area contributed by atoms with Crippen molar-refractivity contribution < 1.29 is 29.9 Å². The summed E-state index contributed by atoms with van der Waals surface area (Å²) in [7, 11) is 0. The number of carbonyl (C=O) groups is 2. The Bertz CT molecular complexity index is 264. The van der Waals surface area contributed by atoms with Gasteiger partial charge in [-0.1, -0.05) is 39.0 Å². The zero-order valence-electron chi connectivity index (χ0n) is 11.8. The molecule has 0 amide bonds. The maximum absolute atomic E-state index is 11.1. The first kappa shape index (κ1) is 21.6. The molecule has 20 heavy (non-hydrogen) atoms. The molecule has 0 heterocycles. The van der Waals surface area contributed by atoms with Crippen LogP contribution in [0.3, 0.4) is 0 Å². The smallest absolute Gasteiger partial charge is 0.304 e. The number of hydrogen-bond donors (Lipinski definition) is 3. The number of hydrogen-bond acceptors (Lipinski definition) is 7. The summed E-state index contributed by atoms with van der Waals surface area (Å²) in [5.74, 6) is -1.94. The van der Waals surface area contributed by atoms with Crippen LogP contribution in [-0.4, -0.2) is 52.4 Å². The van der Waals surface area contributed by atoms with E-state index in [0.717, 1.165) is 19.3 Å². The van der Waals surface area contributed by atoms with Gasteiger partial charge in [0.1, 0.15) is 6.04 Å². The van der Waals surface area contributed by atoms with Crippen LogP contribution < -0.4 is 5.32 Å². The Balaban J connectivity index is 0. The minimum atomic E-state index is -1.01. The Morgan fingerprint density at radius 1 is 1.05 bits per heavy atom. The van der Waals surface area contributed by atoms with Crippen molar-refractivity contribution in [1.82, 2.24) is 5.32 Å². The second-order valence-electron chi connectivity index (χ2n) is 4.35. The molecular formula is C12H23AlNO6+3. The fourth-order valence-corrected chi connectivity index (χ4v) is 1.69. The zero-order valence-corrected chi connectivity index (χ0v) is 13.0. The molecule has 1 unspecified atom stereocenters. The average molecular weight is 304 g/mol. The zero-order chi connectivity index (χ0) is 14.5. The van der Waals surface area contributed by atoms with Gasteiger partial charge in [-0.3, -0.25) is 4.89 Å². The summed E-state index contributed by atoms with van der Waals surface area (Å²) in [6, 6.07) is -1.01. The van der Waals surface area contributed by atoms with E-state index in [1.807, 2.05) is 0 Å². The van der Waals surface area contributed by atoms with Gasteiger partial charge in [-0.25, -0.2) is 9.59 Å². The monoisotopic (exact) mass is 304 g/mol. The van der Waals surface area contributed by atoms with Crippen molar-refractivity contribution in [2.24, 2.45) is 0 Å². The second-order valence-corrected chi connectivity index (χ2v) is 4.35. The molecule has 8 heteroatoms. The molecule has 7 nitrogen and oxygen atoms in total. The number of nitrogens with one attached hydrogen (secondary N) is 1. The van der Waals surface area contributed by atoms with E-state index in [2.05, 4.69) is 22.0 Å². The van der Waals surface area contributed by atoms with E-state index in [0.29, 0.717) is 6.54 Å². The van der Waals surface area contributed by atoms with Gasteiger partial charge in [0.15, 0.2) is 0 Å². The molecule has 0 aromatic heterocycles. The summed E-state index contributed by atoms with van der Waals surface area (Å²) < 4.78 is 0. The Hall–Kier alpha value is -0.648. The standard InChI is InChI=1S/C12H23NO6.Al/c1-2-3-4-5-6-7-8-13-10(12(15)19-17)9-11(14)18-16;/h10,13,16-17H,2-9H2,1H3;/q;+3. The van der Waals surface area contributed by atoms with Crippen LogP contribution in [0.15, 0.2) is 0 Å². The van der Waals surface area contributed by atoms with Crippen molar-refractivity contribution in [1.29, 1.82) is 0 Å². The molecule has 3 N–H and O–H groups in total. The third kappa shape index (κ3) is 11.2. The topological polar surface area (TPSA) is 105 Å². The van der Waals surface area contributed by atoms with Crippen molar-refractivity contribution >= 4 is 29.3 Å². The molecule has 112 valence electrons. The Morgan fingerprint density at radius 3 is 2.20 bits per heavy atom. The molecule has 0 aromatic rings. The SMILES string of the molecule is CCCCCCCCNC(CC(=O)OO)C(=O)OO.[Al+3]. The molecule has 0 saturated carbocycles. The molecule has 0 fully saturated rings. The third-order valence-corrected chi connectivity index (χ3v) is 2.77. The van der Waals surface area contributed by atoms with E-state index in [4.69, 9.17) is 10.5 Å². The van der Waals surface area contributed by atoms with Gasteiger partial charge in [-0.2, -0.15) is 10.5 Å². The van der Waals surface area contributed by atoms with E-state index >= 15 is 0 Å². The first-order chi connectivity index (χ1) is 9.15. The largest absolute Gasteiger partial charge is 3.00 e. The number of rotatable bonds is 11. The molecule has 1 atom stereocenters. The van der Waals surface area contributed by atoms with Gasteiger partial charge in [0.05, 0.1) is 6.42 Å². The van der Waals surface area contributed by atoms with Gasteiger partial charge in [0.25, 0.3) is 0 Å². The minimum Gasteiger partial charge on any atom is -0.304 e. The van der Waals surface area contributed by atoms with Crippen molar-refractivity contribution in [3.8, 4) is 0 Å². The minimum absolute atomic E-state index is 0. The van der Waals surface area contributed by atoms with Gasteiger partial charge in [-0.05, 0) is 13.0 Å².